The summed E-state index contributed by atoms with van der Waals surface area (Å²) in [6.45, 7) is 1.43. The van der Waals surface area contributed by atoms with Crippen molar-refractivity contribution in [2.75, 3.05) is 18.6 Å². The highest BCUT2D eigenvalue weighted by Crippen LogP contribution is 2.37. The van der Waals surface area contributed by atoms with Crippen LogP contribution in [0.15, 0.2) is 67.3 Å². The lowest BCUT2D eigenvalue weighted by Gasteiger charge is -2.25. The van der Waals surface area contributed by atoms with E-state index in [1.165, 1.54) is 12.8 Å². The molecule has 1 aliphatic carbocycles. The molecule has 5 heteroatoms. The smallest absolute Gasteiger partial charge is 0.163 e. The van der Waals surface area contributed by atoms with E-state index in [-0.39, 0.29) is 0 Å². The van der Waals surface area contributed by atoms with Gasteiger partial charge in [0.25, 0.3) is 0 Å². The zero-order valence-electron chi connectivity index (χ0n) is 15.4. The monoisotopic (exact) mass is 361 g/mol. The first-order valence-corrected chi connectivity index (χ1v) is 9.21. The molecule has 138 valence electrons. The van der Waals surface area contributed by atoms with Gasteiger partial charge < -0.3 is 14.4 Å². The number of nitrogens with zero attached hydrogens (tertiary/aromatic N) is 3. The Balaban J connectivity index is 1.67. The summed E-state index contributed by atoms with van der Waals surface area (Å²) in [5, 5.41) is 0. The second-order valence-corrected chi connectivity index (χ2v) is 6.75. The third kappa shape index (κ3) is 4.37. The number of pyridine rings is 2. The number of hydrogen-bond acceptors (Lipinski definition) is 5. The fraction of sp³-hybridized carbons (Fsp3) is 0.273. The Hall–Kier alpha value is -3.08. The topological polar surface area (TPSA) is 47.5 Å². The van der Waals surface area contributed by atoms with Crippen LogP contribution < -0.4 is 14.4 Å². The molecule has 0 bridgehead atoms. The summed E-state index contributed by atoms with van der Waals surface area (Å²) >= 11 is 0. The summed E-state index contributed by atoms with van der Waals surface area (Å²) in [4.78, 5) is 10.7. The minimum Gasteiger partial charge on any atom is -0.493 e. The van der Waals surface area contributed by atoms with Gasteiger partial charge in [-0.05, 0) is 54.7 Å². The van der Waals surface area contributed by atoms with Gasteiger partial charge in [0.15, 0.2) is 11.5 Å². The molecule has 4 rings (SSSR count). The molecule has 0 saturated heterocycles. The van der Waals surface area contributed by atoms with E-state index in [2.05, 4.69) is 27.0 Å². The molecule has 27 heavy (non-hydrogen) atoms. The predicted octanol–water partition coefficient (Wildman–Crippen LogP) is 4.61. The highest BCUT2D eigenvalue weighted by Gasteiger charge is 2.23. The average molecular weight is 361 g/mol. The van der Waals surface area contributed by atoms with Gasteiger partial charge in [-0.15, -0.1) is 0 Å². The van der Waals surface area contributed by atoms with Crippen molar-refractivity contribution in [2.45, 2.75) is 19.4 Å². The SMILES string of the molecule is COc1ccc(N(Cc2cccnc2)c2cccnc2)cc1OCC1CC1. The Morgan fingerprint density at radius 3 is 2.44 bits per heavy atom. The van der Waals surface area contributed by atoms with Crippen LogP contribution in [0, 0.1) is 5.92 Å². The van der Waals surface area contributed by atoms with Crippen molar-refractivity contribution in [3.05, 3.63) is 72.8 Å². The third-order valence-corrected chi connectivity index (χ3v) is 4.65. The fourth-order valence-corrected chi connectivity index (χ4v) is 2.96. The van der Waals surface area contributed by atoms with Crippen molar-refractivity contribution in [3.63, 3.8) is 0 Å². The van der Waals surface area contributed by atoms with Crippen LogP contribution in [0.1, 0.15) is 18.4 Å². The first-order chi connectivity index (χ1) is 13.3. The molecule has 0 aliphatic heterocycles. The number of aromatic nitrogens is 2. The van der Waals surface area contributed by atoms with E-state index in [4.69, 9.17) is 9.47 Å². The number of ether oxygens (including phenoxy) is 2. The van der Waals surface area contributed by atoms with Gasteiger partial charge in [0, 0.05) is 36.9 Å². The summed E-state index contributed by atoms with van der Waals surface area (Å²) in [6, 6.07) is 14.1. The van der Waals surface area contributed by atoms with E-state index < -0.39 is 0 Å². The number of anilines is 2. The highest BCUT2D eigenvalue weighted by molar-refractivity contribution is 5.66. The second-order valence-electron chi connectivity index (χ2n) is 6.75. The van der Waals surface area contributed by atoms with Crippen LogP contribution >= 0.6 is 0 Å². The van der Waals surface area contributed by atoms with E-state index in [0.29, 0.717) is 12.5 Å². The van der Waals surface area contributed by atoms with Crippen molar-refractivity contribution in [1.82, 2.24) is 9.97 Å². The maximum atomic E-state index is 6.05. The van der Waals surface area contributed by atoms with Crippen LogP contribution in [0.4, 0.5) is 11.4 Å². The summed E-state index contributed by atoms with van der Waals surface area (Å²) in [5.41, 5.74) is 3.16. The van der Waals surface area contributed by atoms with Gasteiger partial charge in [0.05, 0.1) is 25.6 Å². The van der Waals surface area contributed by atoms with E-state index in [1.807, 2.05) is 42.7 Å². The van der Waals surface area contributed by atoms with Gasteiger partial charge in [0.2, 0.25) is 0 Å². The van der Waals surface area contributed by atoms with Crippen LogP contribution in [0.25, 0.3) is 0 Å². The zero-order chi connectivity index (χ0) is 18.5. The number of hydrogen-bond donors (Lipinski definition) is 0. The van der Waals surface area contributed by atoms with E-state index in [9.17, 15) is 0 Å². The maximum Gasteiger partial charge on any atom is 0.163 e. The average Bonchev–Trinajstić information content (AvgIpc) is 3.56. The van der Waals surface area contributed by atoms with Gasteiger partial charge in [0.1, 0.15) is 0 Å². The quantitative estimate of drug-likeness (QED) is 0.586. The molecule has 0 atom stereocenters. The minimum atomic E-state index is 0.684. The molecular formula is C22H23N3O2. The van der Waals surface area contributed by atoms with Crippen LogP contribution in [-0.2, 0) is 6.54 Å². The number of benzene rings is 1. The van der Waals surface area contributed by atoms with Crippen LogP contribution in [0.2, 0.25) is 0 Å². The molecule has 0 N–H and O–H groups in total. The van der Waals surface area contributed by atoms with Gasteiger partial charge in [-0.1, -0.05) is 6.07 Å². The van der Waals surface area contributed by atoms with Crippen LogP contribution in [0.3, 0.4) is 0 Å². The van der Waals surface area contributed by atoms with Gasteiger partial charge in [-0.25, -0.2) is 0 Å². The molecule has 2 aromatic heterocycles. The standard InChI is InChI=1S/C22H23N3O2/c1-26-21-9-8-19(12-22(21)27-16-17-6-7-17)25(20-5-3-11-24-14-20)15-18-4-2-10-23-13-18/h2-5,8-14,17H,6-7,15-16H2,1H3. The maximum absolute atomic E-state index is 6.05. The lowest BCUT2D eigenvalue weighted by atomic mass is 10.2. The lowest BCUT2D eigenvalue weighted by molar-refractivity contribution is 0.280. The van der Waals surface area contributed by atoms with Crippen molar-refractivity contribution >= 4 is 11.4 Å². The molecule has 2 heterocycles. The van der Waals surface area contributed by atoms with Crippen molar-refractivity contribution in [2.24, 2.45) is 5.92 Å². The molecule has 0 unspecified atom stereocenters. The Morgan fingerprint density at radius 2 is 1.78 bits per heavy atom. The second kappa shape index (κ2) is 8.08. The number of methoxy groups -OCH3 is 1. The molecule has 1 fully saturated rings. The first kappa shape index (κ1) is 17.3. The number of rotatable bonds is 8. The molecule has 1 aromatic carbocycles. The summed E-state index contributed by atoms with van der Waals surface area (Å²) in [7, 11) is 1.67. The molecular weight excluding hydrogens is 338 g/mol. The molecule has 0 amide bonds. The van der Waals surface area contributed by atoms with Gasteiger partial charge in [-0.2, -0.15) is 0 Å². The molecule has 1 saturated carbocycles. The third-order valence-electron chi connectivity index (χ3n) is 4.65. The summed E-state index contributed by atoms with van der Waals surface area (Å²) in [6.07, 6.45) is 9.83. The van der Waals surface area contributed by atoms with Crippen molar-refractivity contribution < 1.29 is 9.47 Å². The predicted molar refractivity (Wildman–Crippen MR) is 106 cm³/mol. The largest absolute Gasteiger partial charge is 0.493 e. The molecule has 0 radical (unpaired) electrons. The lowest BCUT2D eigenvalue weighted by Crippen LogP contribution is -2.17. The highest BCUT2D eigenvalue weighted by atomic mass is 16.5. The minimum absolute atomic E-state index is 0.684. The Bertz CT molecular complexity index is 867. The Labute approximate surface area is 159 Å². The van der Waals surface area contributed by atoms with Crippen LogP contribution in [-0.4, -0.2) is 23.7 Å². The molecule has 5 nitrogen and oxygen atoms in total. The van der Waals surface area contributed by atoms with Gasteiger partial charge >= 0.3 is 0 Å². The zero-order valence-corrected chi connectivity index (χ0v) is 15.4. The van der Waals surface area contributed by atoms with E-state index in [1.54, 1.807) is 19.5 Å². The van der Waals surface area contributed by atoms with Crippen LogP contribution in [0.5, 0.6) is 11.5 Å². The Kier molecular flexibility index (Phi) is 5.19. The molecule has 0 spiro atoms. The van der Waals surface area contributed by atoms with Gasteiger partial charge in [-0.3, -0.25) is 9.97 Å². The van der Waals surface area contributed by atoms with Crippen molar-refractivity contribution in [3.8, 4) is 11.5 Å². The van der Waals surface area contributed by atoms with E-state index in [0.717, 1.165) is 35.0 Å². The van der Waals surface area contributed by atoms with E-state index >= 15 is 0 Å². The normalized spacial score (nSPS) is 13.2. The fourth-order valence-electron chi connectivity index (χ4n) is 2.96. The first-order valence-electron chi connectivity index (χ1n) is 9.21. The summed E-state index contributed by atoms with van der Waals surface area (Å²) in [5.74, 6) is 2.22. The van der Waals surface area contributed by atoms with Crippen molar-refractivity contribution in [1.29, 1.82) is 0 Å². The molecule has 1 aliphatic rings. The Morgan fingerprint density at radius 1 is 0.963 bits per heavy atom. The molecule has 3 aromatic rings. The summed E-state index contributed by atoms with van der Waals surface area (Å²) < 4.78 is 11.5.